The van der Waals surface area contributed by atoms with Crippen LogP contribution in [0.3, 0.4) is 0 Å². The van der Waals surface area contributed by atoms with Crippen LogP contribution >= 0.6 is 22.7 Å². The van der Waals surface area contributed by atoms with Crippen LogP contribution < -0.4 is 20.4 Å². The summed E-state index contributed by atoms with van der Waals surface area (Å²) < 4.78 is 0. The SMILES string of the molecule is OCc1cc(N2CCCC2)ccc1-c1nc2c(s1)[C@@H](O)CNC2.OCc1cc(N2CCCC2)ccc1-c1nc2c(s1)[C@H](O)CNC2. The van der Waals surface area contributed by atoms with E-state index in [-0.39, 0.29) is 13.2 Å². The van der Waals surface area contributed by atoms with E-state index in [4.69, 9.17) is 0 Å². The van der Waals surface area contributed by atoms with E-state index in [1.54, 1.807) is 0 Å². The van der Waals surface area contributed by atoms with Gasteiger partial charge in [0, 0.05) is 74.9 Å². The zero-order chi connectivity index (χ0) is 31.6. The molecule has 2 aromatic heterocycles. The average Bonchev–Trinajstić information content (AvgIpc) is 3.91. The lowest BCUT2D eigenvalue weighted by molar-refractivity contribution is 0.168. The summed E-state index contributed by atoms with van der Waals surface area (Å²) in [4.78, 5) is 16.0. The summed E-state index contributed by atoms with van der Waals surface area (Å²) in [5, 5.41) is 47.9. The normalized spacial score (nSPS) is 20.8. The van der Waals surface area contributed by atoms with Crippen molar-refractivity contribution in [3.63, 3.8) is 0 Å². The van der Waals surface area contributed by atoms with Gasteiger partial charge in [0.15, 0.2) is 0 Å². The minimum atomic E-state index is -0.480. The highest BCUT2D eigenvalue weighted by Gasteiger charge is 2.25. The van der Waals surface area contributed by atoms with Crippen molar-refractivity contribution in [3.05, 3.63) is 68.7 Å². The third-order valence-electron chi connectivity index (χ3n) is 9.24. The Labute approximate surface area is 277 Å². The van der Waals surface area contributed by atoms with Crippen LogP contribution in [0.4, 0.5) is 11.4 Å². The first kappa shape index (κ1) is 31.6. The Kier molecular flexibility index (Phi) is 9.66. The van der Waals surface area contributed by atoms with Gasteiger partial charge >= 0.3 is 0 Å². The predicted molar refractivity (Wildman–Crippen MR) is 183 cm³/mol. The van der Waals surface area contributed by atoms with E-state index in [2.05, 4.69) is 66.8 Å². The first-order valence-corrected chi connectivity index (χ1v) is 17.9. The van der Waals surface area contributed by atoms with Crippen molar-refractivity contribution >= 4 is 34.0 Å². The highest BCUT2D eigenvalue weighted by molar-refractivity contribution is 7.15. The number of nitrogens with zero attached hydrogens (tertiary/aromatic N) is 4. The van der Waals surface area contributed by atoms with Gasteiger partial charge in [-0.25, -0.2) is 9.97 Å². The lowest BCUT2D eigenvalue weighted by Crippen LogP contribution is -2.26. The molecule has 0 saturated carbocycles. The molecule has 2 saturated heterocycles. The van der Waals surface area contributed by atoms with Gasteiger partial charge in [-0.1, -0.05) is 0 Å². The van der Waals surface area contributed by atoms with Crippen LogP contribution in [-0.2, 0) is 26.3 Å². The highest BCUT2D eigenvalue weighted by Crippen LogP contribution is 2.38. The molecule has 0 aliphatic carbocycles. The summed E-state index contributed by atoms with van der Waals surface area (Å²) in [6.45, 7) is 6.92. The van der Waals surface area contributed by atoms with Crippen LogP contribution in [0.2, 0.25) is 0 Å². The minimum absolute atomic E-state index is 0.00205. The van der Waals surface area contributed by atoms with Crippen molar-refractivity contribution in [2.45, 2.75) is 64.2 Å². The number of thiazole rings is 2. The number of β-amino-alcohol motifs (C(OH)–C–C–N with tert-alkyl or cyclic N) is 2. The molecule has 4 aliphatic rings. The van der Waals surface area contributed by atoms with Crippen LogP contribution in [0.15, 0.2) is 36.4 Å². The summed E-state index contributed by atoms with van der Waals surface area (Å²) in [6.07, 6.45) is 3.99. The third-order valence-corrected chi connectivity index (χ3v) is 11.7. The Morgan fingerprint density at radius 2 is 1.07 bits per heavy atom. The topological polar surface area (TPSA) is 137 Å². The molecule has 46 heavy (non-hydrogen) atoms. The number of aliphatic hydroxyl groups excluding tert-OH is 4. The molecule has 6 heterocycles. The fraction of sp³-hybridized carbons (Fsp3) is 0.471. The van der Waals surface area contributed by atoms with E-state index in [1.165, 1.54) is 59.7 Å². The molecule has 6 N–H and O–H groups in total. The average molecular weight is 663 g/mol. The molecular formula is C34H42N6O4S2. The van der Waals surface area contributed by atoms with E-state index in [9.17, 15) is 20.4 Å². The Morgan fingerprint density at radius 3 is 1.43 bits per heavy atom. The van der Waals surface area contributed by atoms with Crippen molar-refractivity contribution in [3.8, 4) is 21.1 Å². The summed E-state index contributed by atoms with van der Waals surface area (Å²) in [5.41, 5.74) is 7.97. The number of nitrogens with one attached hydrogen (secondary N) is 2. The monoisotopic (exact) mass is 662 g/mol. The summed E-state index contributed by atoms with van der Waals surface area (Å²) in [6, 6.07) is 12.5. The van der Waals surface area contributed by atoms with Gasteiger partial charge in [0.05, 0.1) is 34.4 Å². The minimum Gasteiger partial charge on any atom is -0.392 e. The number of hydrogen-bond donors (Lipinski definition) is 6. The zero-order valence-corrected chi connectivity index (χ0v) is 27.5. The maximum atomic E-state index is 10.1. The van der Waals surface area contributed by atoms with Gasteiger partial charge in [0.25, 0.3) is 0 Å². The third kappa shape index (κ3) is 6.45. The van der Waals surface area contributed by atoms with Gasteiger partial charge in [-0.3, -0.25) is 0 Å². The lowest BCUT2D eigenvalue weighted by Gasteiger charge is -2.19. The molecule has 2 atom stereocenters. The molecule has 0 amide bonds. The number of hydrogen-bond acceptors (Lipinski definition) is 12. The Morgan fingerprint density at radius 1 is 0.652 bits per heavy atom. The fourth-order valence-corrected chi connectivity index (χ4v) is 9.01. The van der Waals surface area contributed by atoms with E-state index in [0.717, 1.165) is 79.6 Å². The molecule has 8 rings (SSSR count). The molecule has 4 aromatic rings. The van der Waals surface area contributed by atoms with E-state index in [0.29, 0.717) is 26.2 Å². The number of rotatable bonds is 6. The molecule has 10 nitrogen and oxygen atoms in total. The van der Waals surface area contributed by atoms with Crippen molar-refractivity contribution in [2.75, 3.05) is 49.1 Å². The Hall–Kier alpha value is -2.94. The quantitative estimate of drug-likeness (QED) is 0.179. The number of aromatic nitrogens is 2. The van der Waals surface area contributed by atoms with Crippen molar-refractivity contribution in [2.24, 2.45) is 0 Å². The van der Waals surface area contributed by atoms with Gasteiger partial charge in [0.1, 0.15) is 22.2 Å². The molecular weight excluding hydrogens is 621 g/mol. The van der Waals surface area contributed by atoms with Gasteiger partial charge in [-0.15, -0.1) is 22.7 Å². The Balaban J connectivity index is 0.000000147. The second-order valence-electron chi connectivity index (χ2n) is 12.3. The molecule has 0 unspecified atom stereocenters. The molecule has 2 aromatic carbocycles. The van der Waals surface area contributed by atoms with Crippen LogP contribution in [0.1, 0.15) is 70.2 Å². The van der Waals surface area contributed by atoms with Gasteiger partial charge in [-0.2, -0.15) is 0 Å². The van der Waals surface area contributed by atoms with E-state index < -0.39 is 12.2 Å². The van der Waals surface area contributed by atoms with Crippen LogP contribution in [-0.4, -0.2) is 69.7 Å². The fourth-order valence-electron chi connectivity index (χ4n) is 6.75. The highest BCUT2D eigenvalue weighted by atomic mass is 32.1. The maximum Gasteiger partial charge on any atom is 0.124 e. The second kappa shape index (κ2) is 14.0. The number of aliphatic hydroxyl groups is 4. The largest absolute Gasteiger partial charge is 0.392 e. The van der Waals surface area contributed by atoms with Crippen molar-refractivity contribution in [1.82, 2.24) is 20.6 Å². The number of benzene rings is 2. The summed E-state index contributed by atoms with van der Waals surface area (Å²) in [7, 11) is 0. The second-order valence-corrected chi connectivity index (χ2v) is 14.4. The van der Waals surface area contributed by atoms with Crippen LogP contribution in [0.25, 0.3) is 21.1 Å². The van der Waals surface area contributed by atoms with E-state index >= 15 is 0 Å². The molecule has 0 bridgehead atoms. The molecule has 2 fully saturated rings. The van der Waals surface area contributed by atoms with Gasteiger partial charge < -0.3 is 40.9 Å². The first-order chi connectivity index (χ1) is 22.5. The number of anilines is 2. The standard InChI is InChI=1S/2C17H21N3O2S/c2*21-10-11-7-12(20-5-1-2-6-20)3-4-13(11)17-19-14-8-18-9-15(22)16(14)23-17/h2*3-4,7,15,18,21-22H,1-2,5-6,8-10H2/t2*15-/m10/s1. The van der Waals surface area contributed by atoms with Gasteiger partial charge in [-0.05, 0) is 73.2 Å². The predicted octanol–water partition coefficient (Wildman–Crippen LogP) is 4.08. The Bertz CT molecular complexity index is 1540. The molecule has 244 valence electrons. The molecule has 4 aliphatic heterocycles. The van der Waals surface area contributed by atoms with Crippen molar-refractivity contribution < 1.29 is 20.4 Å². The smallest absolute Gasteiger partial charge is 0.124 e. The van der Waals surface area contributed by atoms with Gasteiger partial charge in [0.2, 0.25) is 0 Å². The van der Waals surface area contributed by atoms with Crippen molar-refractivity contribution in [1.29, 1.82) is 0 Å². The molecule has 12 heteroatoms. The van der Waals surface area contributed by atoms with Crippen LogP contribution in [0.5, 0.6) is 0 Å². The number of fused-ring (bicyclic) bond motifs is 2. The van der Waals surface area contributed by atoms with E-state index in [1.807, 2.05) is 0 Å². The zero-order valence-electron chi connectivity index (χ0n) is 25.9. The summed E-state index contributed by atoms with van der Waals surface area (Å²) >= 11 is 3.08. The van der Waals surface area contributed by atoms with Crippen LogP contribution in [0, 0.1) is 0 Å². The molecule has 0 spiro atoms. The first-order valence-electron chi connectivity index (χ1n) is 16.3. The maximum absolute atomic E-state index is 10.1. The lowest BCUT2D eigenvalue weighted by atomic mass is 10.1. The molecule has 0 radical (unpaired) electrons. The summed E-state index contributed by atoms with van der Waals surface area (Å²) in [5.74, 6) is 0.